The molecule has 0 saturated heterocycles. The lowest BCUT2D eigenvalue weighted by Gasteiger charge is -2.47. The minimum absolute atomic E-state index is 0.196. The normalized spacial score (nSPS) is 18.3. The van der Waals surface area contributed by atoms with Crippen LogP contribution in [0.3, 0.4) is 0 Å². The van der Waals surface area contributed by atoms with Crippen LogP contribution < -0.4 is 15.0 Å². The van der Waals surface area contributed by atoms with Gasteiger partial charge in [0.1, 0.15) is 11.9 Å². The second-order valence-electron chi connectivity index (χ2n) is 13.2. The van der Waals surface area contributed by atoms with E-state index in [9.17, 15) is 14.4 Å². The molecule has 3 amide bonds. The highest BCUT2D eigenvalue weighted by Crippen LogP contribution is 2.42. The molecule has 1 unspecified atom stereocenters. The molecule has 0 fully saturated rings. The zero-order chi connectivity index (χ0) is 29.8. The number of benzene rings is 3. The Morgan fingerprint density at radius 3 is 2.31 bits per heavy atom. The standard InChI is InChI=1S/C34H38N4O4/c1-33(2,21-38-30(39)26-12-8-9-13-27(26)31(38)40)20-34(3,4)35-32(41)42-24-14-15-28-23(18-24)19-37-17-16-22-10-6-7-11-25(22)29(37)36(28)5/h6-15,18,29H,16-17,19-21H2,1-5H3,(H,35,41). The average molecular weight is 567 g/mol. The molecule has 0 bridgehead atoms. The first kappa shape index (κ1) is 28.0. The summed E-state index contributed by atoms with van der Waals surface area (Å²) in [6.45, 7) is 9.86. The SMILES string of the molecule is CN1c2ccc(OC(=O)NC(C)(C)CC(C)(C)CN3C(=O)c4ccccc4C3=O)cc2CN2CCc3ccccc3C21. The maximum absolute atomic E-state index is 13.0. The van der Waals surface area contributed by atoms with Gasteiger partial charge in [-0.1, -0.05) is 50.2 Å². The molecule has 3 aliphatic heterocycles. The maximum atomic E-state index is 13.0. The maximum Gasteiger partial charge on any atom is 0.413 e. The molecule has 0 aliphatic carbocycles. The average Bonchev–Trinajstić information content (AvgIpc) is 3.16. The van der Waals surface area contributed by atoms with E-state index in [1.165, 1.54) is 16.0 Å². The number of carbonyl (C=O) groups excluding carboxylic acids is 3. The third kappa shape index (κ3) is 5.15. The zero-order valence-corrected chi connectivity index (χ0v) is 24.9. The first-order valence-corrected chi connectivity index (χ1v) is 14.6. The number of rotatable bonds is 6. The molecule has 3 aromatic carbocycles. The first-order valence-electron chi connectivity index (χ1n) is 14.6. The van der Waals surface area contributed by atoms with E-state index < -0.39 is 17.0 Å². The first-order chi connectivity index (χ1) is 19.9. The molecule has 0 saturated carbocycles. The Labute approximate surface area is 247 Å². The second-order valence-corrected chi connectivity index (χ2v) is 13.2. The molecule has 0 aromatic heterocycles. The van der Waals surface area contributed by atoms with Crippen LogP contribution in [-0.4, -0.2) is 53.4 Å². The number of imide groups is 1. The van der Waals surface area contributed by atoms with Crippen molar-refractivity contribution in [2.24, 2.45) is 5.41 Å². The van der Waals surface area contributed by atoms with E-state index in [4.69, 9.17) is 4.74 Å². The van der Waals surface area contributed by atoms with Crippen molar-refractivity contribution in [3.8, 4) is 5.75 Å². The smallest absolute Gasteiger partial charge is 0.410 e. The largest absolute Gasteiger partial charge is 0.413 e. The summed E-state index contributed by atoms with van der Waals surface area (Å²) in [4.78, 5) is 44.9. The lowest BCUT2D eigenvalue weighted by atomic mass is 9.79. The number of fused-ring (bicyclic) bond motifs is 5. The van der Waals surface area contributed by atoms with Crippen molar-refractivity contribution in [3.05, 3.63) is 94.5 Å². The van der Waals surface area contributed by atoms with E-state index in [1.54, 1.807) is 24.3 Å². The van der Waals surface area contributed by atoms with Crippen LogP contribution in [0.4, 0.5) is 10.5 Å². The summed E-state index contributed by atoms with van der Waals surface area (Å²) in [5.74, 6) is -0.0458. The number of anilines is 1. The van der Waals surface area contributed by atoms with Crippen molar-refractivity contribution >= 4 is 23.6 Å². The number of hydrogen-bond donors (Lipinski definition) is 1. The van der Waals surface area contributed by atoms with Gasteiger partial charge >= 0.3 is 6.09 Å². The van der Waals surface area contributed by atoms with E-state index in [0.717, 1.165) is 30.8 Å². The van der Waals surface area contributed by atoms with E-state index >= 15 is 0 Å². The fraction of sp³-hybridized carbons (Fsp3) is 0.382. The topological polar surface area (TPSA) is 82.2 Å². The Bertz CT molecular complexity index is 1540. The third-order valence-corrected chi connectivity index (χ3v) is 8.55. The molecule has 1 atom stereocenters. The number of hydrogen-bond acceptors (Lipinski definition) is 6. The van der Waals surface area contributed by atoms with Crippen molar-refractivity contribution in [2.75, 3.05) is 25.0 Å². The Morgan fingerprint density at radius 1 is 0.929 bits per heavy atom. The summed E-state index contributed by atoms with van der Waals surface area (Å²) in [6, 6.07) is 21.4. The molecule has 6 rings (SSSR count). The Balaban J connectivity index is 1.09. The van der Waals surface area contributed by atoms with E-state index in [2.05, 4.69) is 46.4 Å². The Morgan fingerprint density at radius 2 is 1.60 bits per heavy atom. The molecule has 0 spiro atoms. The summed E-state index contributed by atoms with van der Waals surface area (Å²) >= 11 is 0. The van der Waals surface area contributed by atoms with E-state index in [0.29, 0.717) is 23.3 Å². The van der Waals surface area contributed by atoms with Crippen molar-refractivity contribution in [1.82, 2.24) is 15.1 Å². The molecule has 218 valence electrons. The molecule has 1 N–H and O–H groups in total. The molecule has 3 heterocycles. The molecule has 3 aliphatic rings. The van der Waals surface area contributed by atoms with Gasteiger partial charge in [-0.25, -0.2) is 4.79 Å². The molecular weight excluding hydrogens is 528 g/mol. The highest BCUT2D eigenvalue weighted by Gasteiger charge is 2.40. The van der Waals surface area contributed by atoms with Gasteiger partial charge in [0.2, 0.25) is 0 Å². The number of nitrogens with zero attached hydrogens (tertiary/aromatic N) is 3. The second kappa shape index (κ2) is 10.3. The molecule has 8 nitrogen and oxygen atoms in total. The van der Waals surface area contributed by atoms with Crippen molar-refractivity contribution in [2.45, 2.75) is 58.8 Å². The monoisotopic (exact) mass is 566 g/mol. The minimum atomic E-state index is -0.651. The summed E-state index contributed by atoms with van der Waals surface area (Å²) in [7, 11) is 2.12. The Kier molecular flexibility index (Phi) is 6.84. The van der Waals surface area contributed by atoms with Crippen LogP contribution in [-0.2, 0) is 13.0 Å². The number of ether oxygens (including phenoxy) is 1. The fourth-order valence-corrected chi connectivity index (χ4v) is 7.18. The quantitative estimate of drug-likeness (QED) is 0.382. The lowest BCUT2D eigenvalue weighted by molar-refractivity contribution is 0.0560. The van der Waals surface area contributed by atoms with Gasteiger partial charge in [-0.05, 0) is 79.1 Å². The van der Waals surface area contributed by atoms with Crippen LogP contribution in [0.1, 0.15) is 77.7 Å². The van der Waals surface area contributed by atoms with Crippen LogP contribution in [0.5, 0.6) is 5.75 Å². The number of carbonyl (C=O) groups is 3. The van der Waals surface area contributed by atoms with Gasteiger partial charge in [0.05, 0.1) is 11.1 Å². The molecule has 0 radical (unpaired) electrons. The Hall–Kier alpha value is -4.17. The predicted molar refractivity (Wildman–Crippen MR) is 162 cm³/mol. The van der Waals surface area contributed by atoms with Crippen molar-refractivity contribution in [1.29, 1.82) is 0 Å². The molecule has 8 heteroatoms. The number of amides is 3. The predicted octanol–water partition coefficient (Wildman–Crippen LogP) is 5.77. The lowest BCUT2D eigenvalue weighted by Crippen LogP contribution is -2.49. The van der Waals surface area contributed by atoms with Gasteiger partial charge in [0.15, 0.2) is 0 Å². The molecular formula is C34H38N4O4. The fourth-order valence-electron chi connectivity index (χ4n) is 7.18. The van der Waals surface area contributed by atoms with E-state index in [1.807, 2.05) is 45.9 Å². The van der Waals surface area contributed by atoms with Gasteiger partial charge < -0.3 is 15.0 Å². The van der Waals surface area contributed by atoms with Crippen LogP contribution in [0, 0.1) is 5.41 Å². The van der Waals surface area contributed by atoms with Gasteiger partial charge in [0, 0.05) is 37.9 Å². The van der Waals surface area contributed by atoms with Crippen LogP contribution in [0.2, 0.25) is 0 Å². The van der Waals surface area contributed by atoms with Crippen LogP contribution in [0.15, 0.2) is 66.7 Å². The highest BCUT2D eigenvalue weighted by molar-refractivity contribution is 6.21. The van der Waals surface area contributed by atoms with Crippen LogP contribution >= 0.6 is 0 Å². The minimum Gasteiger partial charge on any atom is -0.410 e. The number of nitrogens with one attached hydrogen (secondary N) is 1. The van der Waals surface area contributed by atoms with Gasteiger partial charge in [-0.3, -0.25) is 19.4 Å². The van der Waals surface area contributed by atoms with Crippen molar-refractivity contribution in [3.63, 3.8) is 0 Å². The van der Waals surface area contributed by atoms with Gasteiger partial charge in [0.25, 0.3) is 11.8 Å². The summed E-state index contributed by atoms with van der Waals surface area (Å²) in [6.07, 6.45) is 1.20. The van der Waals surface area contributed by atoms with Crippen molar-refractivity contribution < 1.29 is 19.1 Å². The van der Waals surface area contributed by atoms with Crippen LogP contribution in [0.25, 0.3) is 0 Å². The molecule has 3 aromatic rings. The summed E-state index contributed by atoms with van der Waals surface area (Å²) in [5.41, 5.74) is 4.79. The molecule has 42 heavy (non-hydrogen) atoms. The van der Waals surface area contributed by atoms with E-state index in [-0.39, 0.29) is 24.5 Å². The zero-order valence-electron chi connectivity index (χ0n) is 24.9. The summed E-state index contributed by atoms with van der Waals surface area (Å²) < 4.78 is 5.76. The van der Waals surface area contributed by atoms with Gasteiger partial charge in [-0.15, -0.1) is 0 Å². The van der Waals surface area contributed by atoms with Gasteiger partial charge in [-0.2, -0.15) is 0 Å². The third-order valence-electron chi connectivity index (χ3n) is 8.55. The highest BCUT2D eigenvalue weighted by atomic mass is 16.6. The summed E-state index contributed by atoms with van der Waals surface area (Å²) in [5, 5.41) is 3.00.